The van der Waals surface area contributed by atoms with Crippen molar-refractivity contribution in [1.29, 1.82) is 0 Å². The van der Waals surface area contributed by atoms with Crippen LogP contribution in [0.2, 0.25) is 0 Å². The predicted octanol–water partition coefficient (Wildman–Crippen LogP) is 8.29. The van der Waals surface area contributed by atoms with Crippen LogP contribution in [0.1, 0.15) is 74.8 Å². The van der Waals surface area contributed by atoms with Crippen LogP contribution in [0, 0.1) is 11.7 Å². The summed E-state index contributed by atoms with van der Waals surface area (Å²) in [6, 6.07) is 20.8. The van der Waals surface area contributed by atoms with Crippen molar-refractivity contribution in [3.05, 3.63) is 120 Å². The van der Waals surface area contributed by atoms with E-state index in [1.807, 2.05) is 70.4 Å². The molecule has 0 saturated carbocycles. The second kappa shape index (κ2) is 13.2. The van der Waals surface area contributed by atoms with Crippen molar-refractivity contribution in [2.45, 2.75) is 80.7 Å². The Balaban J connectivity index is 1.32. The van der Waals surface area contributed by atoms with Gasteiger partial charge < -0.3 is 10.1 Å². The monoisotopic (exact) mass is 677 g/mol. The minimum Gasteiger partial charge on any atom is -0.481 e. The number of carbonyl (C=O) groups is 1. The first-order valence-corrected chi connectivity index (χ1v) is 17.9. The Morgan fingerprint density at radius 3 is 2.80 bits per heavy atom. The maximum Gasteiger partial charge on any atom is 0.306 e. The molecule has 8 nitrogen and oxygen atoms in total. The first-order valence-electron chi connectivity index (χ1n) is 16.8. The molecule has 0 aliphatic carbocycles. The molecule has 1 aliphatic heterocycles. The lowest BCUT2D eigenvalue weighted by atomic mass is 9.81. The fourth-order valence-electron chi connectivity index (χ4n) is 6.97. The van der Waals surface area contributed by atoms with E-state index in [9.17, 15) is 14.1 Å². The van der Waals surface area contributed by atoms with E-state index in [0.29, 0.717) is 22.4 Å². The highest BCUT2D eigenvalue weighted by atomic mass is 32.2. The zero-order valence-electron chi connectivity index (χ0n) is 27.9. The lowest BCUT2D eigenvalue weighted by Crippen LogP contribution is -2.17. The first kappa shape index (κ1) is 32.7. The molecular weight excluding hydrogens is 638 g/mol. The number of aromatic nitrogens is 5. The molecule has 0 amide bonds. The number of carboxylic acids is 1. The average Bonchev–Trinajstić information content (AvgIpc) is 3.86. The van der Waals surface area contributed by atoms with Crippen molar-refractivity contribution in [3.63, 3.8) is 0 Å². The molecule has 6 bridgehead atoms. The molecule has 0 fully saturated rings. The van der Waals surface area contributed by atoms with E-state index in [4.69, 9.17) is 5.10 Å². The van der Waals surface area contributed by atoms with Crippen LogP contribution in [0.3, 0.4) is 0 Å². The number of fused-ring (bicyclic) bond motifs is 10. The van der Waals surface area contributed by atoms with Crippen molar-refractivity contribution in [2.75, 3.05) is 0 Å². The van der Waals surface area contributed by atoms with Crippen molar-refractivity contribution >= 4 is 27.7 Å². The van der Waals surface area contributed by atoms with Gasteiger partial charge in [0.25, 0.3) is 0 Å². The van der Waals surface area contributed by atoms with Gasteiger partial charge in [-0.3, -0.25) is 14.2 Å². The second-order valence-corrected chi connectivity index (χ2v) is 15.3. The van der Waals surface area contributed by atoms with Gasteiger partial charge in [-0.2, -0.15) is 10.2 Å². The van der Waals surface area contributed by atoms with E-state index in [2.05, 4.69) is 36.1 Å². The number of rotatable bonds is 4. The Hall–Kier alpha value is -4.83. The number of H-pyrrole nitrogens is 1. The van der Waals surface area contributed by atoms with Crippen molar-refractivity contribution < 1.29 is 18.5 Å². The fourth-order valence-corrected chi connectivity index (χ4v) is 8.27. The molecule has 6 aromatic rings. The van der Waals surface area contributed by atoms with E-state index < -0.39 is 28.5 Å². The summed E-state index contributed by atoms with van der Waals surface area (Å²) in [6.07, 6.45) is 11.9. The number of hydrogen-bond acceptors (Lipinski definition) is 4. The molecule has 49 heavy (non-hydrogen) atoms. The molecule has 0 saturated heterocycles. The van der Waals surface area contributed by atoms with E-state index in [-0.39, 0.29) is 22.9 Å². The molecule has 3 aromatic carbocycles. The smallest absolute Gasteiger partial charge is 0.306 e. The van der Waals surface area contributed by atoms with Gasteiger partial charge in [-0.25, -0.2) is 8.60 Å². The van der Waals surface area contributed by atoms with Gasteiger partial charge in [-0.15, -0.1) is 0 Å². The number of nitrogens with one attached hydrogen (secondary N) is 1. The molecule has 7 rings (SSSR count). The maximum atomic E-state index is 15.9. The first-order chi connectivity index (χ1) is 23.6. The topological polar surface area (TPSA) is 106 Å². The van der Waals surface area contributed by atoms with Crippen LogP contribution in [0.4, 0.5) is 4.39 Å². The summed E-state index contributed by atoms with van der Waals surface area (Å²) in [4.78, 5) is 15.3. The minimum absolute atomic E-state index is 0.0659. The molecule has 2 unspecified atom stereocenters. The van der Waals surface area contributed by atoms with Crippen LogP contribution < -0.4 is 0 Å². The van der Waals surface area contributed by atoms with Gasteiger partial charge in [-0.05, 0) is 71.7 Å². The number of hydrogen-bond donors (Lipinski definition) is 2. The number of aromatic amines is 1. The quantitative estimate of drug-likeness (QED) is 0.195. The molecule has 3 aromatic heterocycles. The average molecular weight is 678 g/mol. The third kappa shape index (κ3) is 6.62. The summed E-state index contributed by atoms with van der Waals surface area (Å²) in [5.74, 6) is -1.83. The fraction of sp³-hybridized carbons (Fsp3) is 0.308. The normalized spacial score (nSPS) is 18.6. The van der Waals surface area contributed by atoms with E-state index >= 15 is 4.39 Å². The highest BCUT2D eigenvalue weighted by Crippen LogP contribution is 2.35. The Labute approximate surface area is 287 Å². The van der Waals surface area contributed by atoms with Crippen LogP contribution in [0.15, 0.2) is 101 Å². The van der Waals surface area contributed by atoms with Gasteiger partial charge in [0, 0.05) is 45.5 Å². The van der Waals surface area contributed by atoms with Crippen LogP contribution >= 0.6 is 0 Å². The minimum atomic E-state index is -1.82. The number of halogens is 1. The van der Waals surface area contributed by atoms with Gasteiger partial charge in [0.05, 0.1) is 46.1 Å². The largest absolute Gasteiger partial charge is 0.481 e. The Bertz CT molecular complexity index is 2180. The summed E-state index contributed by atoms with van der Waals surface area (Å²) >= 11 is 0. The SMILES string of the molecule is C[C@@H](Cc1cccc(C2CCCCC(C)(C)c3cnn(c3)Cc3c(c(F)cc4[nH]ccc34)S(=O)c3cccc(c3)-c3ccn2n3)c1)C(=O)O. The summed E-state index contributed by atoms with van der Waals surface area (Å²) in [7, 11) is -1.82. The molecular formula is C39H40FN5O3S. The number of aliphatic carboxylic acids is 1. The standard InChI is InChI=1S/C39H40FN5O3S/c1-25(38(46)47)18-26-8-6-10-28(19-26)36-12-4-5-15-39(2,3)29-22-42-44(23-29)24-32-31-13-16-41-35(31)21-33(40)37(32)49(48)30-11-7-9-27(20-30)34-14-17-45(36)43-34/h6-11,13-14,16-17,19-23,25,36,41H,4-5,12,15,18,24H2,1-3H3,(H,46,47)/t25-,36?,49?/m0/s1. The molecule has 4 heterocycles. The van der Waals surface area contributed by atoms with Gasteiger partial charge in [0.2, 0.25) is 0 Å². The third-order valence-corrected chi connectivity index (χ3v) is 11.4. The van der Waals surface area contributed by atoms with Crippen LogP contribution in [0.25, 0.3) is 22.2 Å². The van der Waals surface area contributed by atoms with Crippen molar-refractivity contribution in [2.24, 2.45) is 5.92 Å². The molecule has 10 heteroatoms. The number of nitrogens with zero attached hydrogens (tertiary/aromatic N) is 4. The zero-order valence-corrected chi connectivity index (χ0v) is 28.7. The summed E-state index contributed by atoms with van der Waals surface area (Å²) in [5.41, 5.74) is 5.79. The molecule has 1 aliphatic rings. The zero-order chi connectivity index (χ0) is 34.3. The predicted molar refractivity (Wildman–Crippen MR) is 189 cm³/mol. The number of benzene rings is 3. The maximum absolute atomic E-state index is 15.9. The van der Waals surface area contributed by atoms with Crippen LogP contribution in [0.5, 0.6) is 0 Å². The summed E-state index contributed by atoms with van der Waals surface area (Å²) < 4.78 is 34.0. The van der Waals surface area contributed by atoms with Crippen LogP contribution in [-0.4, -0.2) is 39.8 Å². The highest BCUT2D eigenvalue weighted by Gasteiger charge is 2.26. The lowest BCUT2D eigenvalue weighted by Gasteiger charge is -2.24. The van der Waals surface area contributed by atoms with Gasteiger partial charge in [0.15, 0.2) is 0 Å². The van der Waals surface area contributed by atoms with Gasteiger partial charge >= 0.3 is 5.97 Å². The Kier molecular flexibility index (Phi) is 8.83. The van der Waals surface area contributed by atoms with Crippen molar-refractivity contribution in [1.82, 2.24) is 24.5 Å². The third-order valence-electron chi connectivity index (χ3n) is 9.89. The van der Waals surface area contributed by atoms with E-state index in [0.717, 1.165) is 59.0 Å². The van der Waals surface area contributed by atoms with E-state index in [1.165, 1.54) is 6.07 Å². The Morgan fingerprint density at radius 2 is 1.96 bits per heavy atom. The summed E-state index contributed by atoms with van der Waals surface area (Å²) in [6.45, 7) is 6.45. The van der Waals surface area contributed by atoms with Crippen molar-refractivity contribution in [3.8, 4) is 11.3 Å². The molecule has 3 atom stereocenters. The molecule has 252 valence electrons. The summed E-state index contributed by atoms with van der Waals surface area (Å²) in [5, 5.41) is 20.0. The molecule has 2 N–H and O–H groups in total. The lowest BCUT2D eigenvalue weighted by molar-refractivity contribution is -0.141. The van der Waals surface area contributed by atoms with E-state index in [1.54, 1.807) is 19.2 Å². The number of carboxylic acid groups (broad SMARTS) is 1. The van der Waals surface area contributed by atoms with Gasteiger partial charge in [-0.1, -0.05) is 70.0 Å². The second-order valence-electron chi connectivity index (χ2n) is 13.8. The molecule has 0 radical (unpaired) electrons. The molecule has 0 spiro atoms. The Morgan fingerprint density at radius 1 is 1.12 bits per heavy atom. The van der Waals surface area contributed by atoms with Crippen LogP contribution in [-0.2, 0) is 34.0 Å². The van der Waals surface area contributed by atoms with Gasteiger partial charge in [0.1, 0.15) is 5.82 Å². The highest BCUT2D eigenvalue weighted by molar-refractivity contribution is 7.85.